The summed E-state index contributed by atoms with van der Waals surface area (Å²) >= 11 is 0. The molecule has 0 saturated heterocycles. The van der Waals surface area contributed by atoms with Crippen molar-refractivity contribution in [3.63, 3.8) is 0 Å². The van der Waals surface area contributed by atoms with Gasteiger partial charge in [0.1, 0.15) is 0 Å². The Labute approximate surface area is 214 Å². The van der Waals surface area contributed by atoms with Crippen LogP contribution in [0.4, 0.5) is 5.95 Å². The van der Waals surface area contributed by atoms with Crippen molar-refractivity contribution in [3.8, 4) is 22.5 Å². The number of anilines is 1. The van der Waals surface area contributed by atoms with Gasteiger partial charge in [0.05, 0.1) is 11.4 Å². The fraction of sp³-hybridized carbons (Fsp3) is 0.125. The van der Waals surface area contributed by atoms with Crippen LogP contribution in [0.15, 0.2) is 91.0 Å². The predicted octanol–water partition coefficient (Wildman–Crippen LogP) is 7.65. The molecule has 0 aliphatic carbocycles. The van der Waals surface area contributed by atoms with Crippen molar-refractivity contribution >= 4 is 49.6 Å². The van der Waals surface area contributed by atoms with Gasteiger partial charge >= 0.3 is 0 Å². The SMILES string of the molecule is CCn1c2ccccc2c2cc(-c3cc(-c4ccc5c(c4)c4ccccc4n5CC)nc(N)n3)ccc21. The maximum Gasteiger partial charge on any atom is 0.221 e. The third-order valence-corrected chi connectivity index (χ3v) is 7.51. The van der Waals surface area contributed by atoms with Crippen LogP contribution < -0.4 is 5.73 Å². The van der Waals surface area contributed by atoms with E-state index in [9.17, 15) is 0 Å². The van der Waals surface area contributed by atoms with Crippen LogP contribution in [-0.2, 0) is 13.1 Å². The van der Waals surface area contributed by atoms with Gasteiger partial charge in [0.25, 0.3) is 0 Å². The summed E-state index contributed by atoms with van der Waals surface area (Å²) in [6.07, 6.45) is 0. The Morgan fingerprint density at radius 1 is 0.541 bits per heavy atom. The van der Waals surface area contributed by atoms with Crippen molar-refractivity contribution in [2.45, 2.75) is 26.9 Å². The molecule has 0 radical (unpaired) electrons. The molecule has 3 heterocycles. The zero-order valence-electron chi connectivity index (χ0n) is 20.9. The van der Waals surface area contributed by atoms with Crippen LogP contribution in [0, 0.1) is 0 Å². The van der Waals surface area contributed by atoms with Crippen LogP contribution >= 0.6 is 0 Å². The summed E-state index contributed by atoms with van der Waals surface area (Å²) < 4.78 is 4.71. The van der Waals surface area contributed by atoms with Crippen molar-refractivity contribution < 1.29 is 0 Å². The molecule has 2 N–H and O–H groups in total. The van der Waals surface area contributed by atoms with Gasteiger partial charge < -0.3 is 14.9 Å². The van der Waals surface area contributed by atoms with Crippen molar-refractivity contribution in [1.29, 1.82) is 0 Å². The summed E-state index contributed by atoms with van der Waals surface area (Å²) in [7, 11) is 0. The number of para-hydroxylation sites is 2. The second-order valence-electron chi connectivity index (χ2n) is 9.48. The number of aryl methyl sites for hydroxylation is 2. The van der Waals surface area contributed by atoms with Gasteiger partial charge in [0.2, 0.25) is 5.95 Å². The second kappa shape index (κ2) is 8.20. The summed E-state index contributed by atoms with van der Waals surface area (Å²) in [5.74, 6) is 0.277. The van der Waals surface area contributed by atoms with Gasteiger partial charge in [0.15, 0.2) is 0 Å². The largest absolute Gasteiger partial charge is 0.368 e. The molecule has 7 aromatic rings. The topological polar surface area (TPSA) is 61.7 Å². The lowest BCUT2D eigenvalue weighted by Crippen LogP contribution is -1.99. The fourth-order valence-electron chi connectivity index (χ4n) is 5.87. The standard InChI is InChI=1S/C32H27N5/c1-3-36-28-11-7-5-9-22(28)24-17-20(13-15-30(24)36)26-19-27(35-32(33)34-26)21-14-16-31-25(18-21)23-10-6-8-12-29(23)37(31)4-2/h5-19H,3-4H2,1-2H3,(H2,33,34,35). The Morgan fingerprint density at radius 2 is 0.973 bits per heavy atom. The molecule has 0 bridgehead atoms. The first-order valence-electron chi connectivity index (χ1n) is 12.8. The number of fused-ring (bicyclic) bond motifs is 6. The molecule has 180 valence electrons. The first-order chi connectivity index (χ1) is 18.2. The highest BCUT2D eigenvalue weighted by Crippen LogP contribution is 2.35. The lowest BCUT2D eigenvalue weighted by atomic mass is 10.0. The molecule has 5 nitrogen and oxygen atoms in total. The van der Waals surface area contributed by atoms with Gasteiger partial charge in [-0.15, -0.1) is 0 Å². The molecule has 4 aromatic carbocycles. The van der Waals surface area contributed by atoms with Gasteiger partial charge in [-0.05, 0) is 56.3 Å². The minimum Gasteiger partial charge on any atom is -0.368 e. The Kier molecular flexibility index (Phi) is 4.80. The summed E-state index contributed by atoms with van der Waals surface area (Å²) in [4.78, 5) is 9.26. The van der Waals surface area contributed by atoms with Crippen molar-refractivity contribution in [2.24, 2.45) is 0 Å². The Balaban J connectivity index is 1.40. The highest BCUT2D eigenvalue weighted by atomic mass is 15.0. The van der Waals surface area contributed by atoms with Crippen LogP contribution in [0.3, 0.4) is 0 Å². The monoisotopic (exact) mass is 481 g/mol. The zero-order valence-corrected chi connectivity index (χ0v) is 20.9. The number of aromatic nitrogens is 4. The summed E-state index contributed by atoms with van der Waals surface area (Å²) in [6.45, 7) is 6.22. The minimum absolute atomic E-state index is 0.277. The van der Waals surface area contributed by atoms with E-state index < -0.39 is 0 Å². The van der Waals surface area contributed by atoms with E-state index in [4.69, 9.17) is 5.73 Å². The van der Waals surface area contributed by atoms with E-state index in [1.54, 1.807) is 0 Å². The average molecular weight is 482 g/mol. The number of benzene rings is 4. The number of nitrogen functional groups attached to an aromatic ring is 1. The third kappa shape index (κ3) is 3.24. The molecule has 0 aliphatic rings. The molecule has 5 heteroatoms. The summed E-state index contributed by atoms with van der Waals surface area (Å²) in [6, 6.07) is 32.3. The third-order valence-electron chi connectivity index (χ3n) is 7.51. The van der Waals surface area contributed by atoms with E-state index in [2.05, 4.69) is 124 Å². The van der Waals surface area contributed by atoms with Crippen molar-refractivity contribution in [2.75, 3.05) is 5.73 Å². The quantitative estimate of drug-likeness (QED) is 0.281. The maximum atomic E-state index is 6.26. The van der Waals surface area contributed by atoms with Crippen LogP contribution in [0.2, 0.25) is 0 Å². The molecular weight excluding hydrogens is 454 g/mol. The van der Waals surface area contributed by atoms with Crippen molar-refractivity contribution in [1.82, 2.24) is 19.1 Å². The fourth-order valence-corrected chi connectivity index (χ4v) is 5.87. The highest BCUT2D eigenvalue weighted by molar-refractivity contribution is 6.10. The lowest BCUT2D eigenvalue weighted by molar-refractivity contribution is 0.827. The zero-order chi connectivity index (χ0) is 25.1. The van der Waals surface area contributed by atoms with E-state index >= 15 is 0 Å². The number of nitrogens with two attached hydrogens (primary N) is 1. The van der Waals surface area contributed by atoms with Gasteiger partial charge in [0, 0.05) is 67.8 Å². The highest BCUT2D eigenvalue weighted by Gasteiger charge is 2.14. The predicted molar refractivity (Wildman–Crippen MR) is 155 cm³/mol. The van der Waals surface area contributed by atoms with E-state index in [1.807, 2.05) is 0 Å². The smallest absolute Gasteiger partial charge is 0.221 e. The van der Waals surface area contributed by atoms with E-state index in [-0.39, 0.29) is 5.95 Å². The van der Waals surface area contributed by atoms with Crippen molar-refractivity contribution in [3.05, 3.63) is 91.0 Å². The molecule has 0 fully saturated rings. The lowest BCUT2D eigenvalue weighted by Gasteiger charge is -2.08. The first-order valence-corrected chi connectivity index (χ1v) is 12.8. The molecule has 7 rings (SSSR count). The number of rotatable bonds is 4. The van der Waals surface area contributed by atoms with Gasteiger partial charge in [-0.25, -0.2) is 9.97 Å². The van der Waals surface area contributed by atoms with Gasteiger partial charge in [-0.3, -0.25) is 0 Å². The molecule has 0 saturated carbocycles. The molecular formula is C32H27N5. The van der Waals surface area contributed by atoms with Crippen LogP contribution in [0.25, 0.3) is 66.1 Å². The molecule has 37 heavy (non-hydrogen) atoms. The number of hydrogen-bond acceptors (Lipinski definition) is 3. The molecule has 0 amide bonds. The summed E-state index contributed by atoms with van der Waals surface area (Å²) in [5.41, 5.74) is 14.9. The van der Waals surface area contributed by atoms with E-state index in [0.717, 1.165) is 35.6 Å². The normalized spacial score (nSPS) is 11.8. The molecule has 0 aliphatic heterocycles. The first kappa shape index (κ1) is 21.6. The Bertz CT molecular complexity index is 1840. The molecule has 3 aromatic heterocycles. The number of nitrogens with zero attached hydrogens (tertiary/aromatic N) is 4. The Hall–Kier alpha value is -4.64. The van der Waals surface area contributed by atoms with Crippen LogP contribution in [0.5, 0.6) is 0 Å². The van der Waals surface area contributed by atoms with E-state index in [0.29, 0.717) is 0 Å². The van der Waals surface area contributed by atoms with E-state index in [1.165, 1.54) is 43.6 Å². The molecule has 0 atom stereocenters. The second-order valence-corrected chi connectivity index (χ2v) is 9.48. The summed E-state index contributed by atoms with van der Waals surface area (Å²) in [5, 5.41) is 4.95. The maximum absolute atomic E-state index is 6.26. The molecule has 0 spiro atoms. The van der Waals surface area contributed by atoms with Gasteiger partial charge in [-0.2, -0.15) is 0 Å². The van der Waals surface area contributed by atoms with Crippen LogP contribution in [-0.4, -0.2) is 19.1 Å². The minimum atomic E-state index is 0.277. The Morgan fingerprint density at radius 3 is 1.43 bits per heavy atom. The van der Waals surface area contributed by atoms with Gasteiger partial charge in [-0.1, -0.05) is 48.5 Å². The number of hydrogen-bond donors (Lipinski definition) is 1. The average Bonchev–Trinajstić information content (AvgIpc) is 3.44. The van der Waals surface area contributed by atoms with Crippen LogP contribution in [0.1, 0.15) is 13.8 Å². The molecule has 0 unspecified atom stereocenters.